The van der Waals surface area contributed by atoms with Crippen LogP contribution >= 0.6 is 0 Å². The second-order valence-corrected chi connectivity index (χ2v) is 4.46. The summed E-state index contributed by atoms with van der Waals surface area (Å²) in [5, 5.41) is 11.4. The lowest BCUT2D eigenvalue weighted by Gasteiger charge is -2.25. The van der Waals surface area contributed by atoms with Gasteiger partial charge in [0.05, 0.1) is 0 Å². The molecule has 17 heavy (non-hydrogen) atoms. The predicted octanol–water partition coefficient (Wildman–Crippen LogP) is 2.45. The summed E-state index contributed by atoms with van der Waals surface area (Å²) in [5.41, 5.74) is 2.95. The van der Waals surface area contributed by atoms with Gasteiger partial charge < -0.3 is 5.32 Å². The summed E-state index contributed by atoms with van der Waals surface area (Å²) >= 11 is 0. The molecular weight excluding hydrogens is 210 g/mol. The Labute approximate surface area is 101 Å². The number of aromatic nitrogens is 2. The van der Waals surface area contributed by atoms with Crippen molar-refractivity contribution in [3.8, 4) is 0 Å². The van der Waals surface area contributed by atoms with E-state index in [1.165, 1.54) is 11.1 Å². The van der Waals surface area contributed by atoms with Gasteiger partial charge in [-0.15, -0.1) is 5.10 Å². The van der Waals surface area contributed by atoms with Crippen LogP contribution in [0.1, 0.15) is 17.5 Å². The molecule has 3 heteroatoms. The molecule has 0 radical (unpaired) electrons. The minimum atomic E-state index is 0.474. The molecule has 0 spiro atoms. The molecule has 86 valence electrons. The van der Waals surface area contributed by atoms with E-state index in [1.807, 2.05) is 12.1 Å². The second-order valence-electron chi connectivity index (χ2n) is 4.46. The maximum absolute atomic E-state index is 4.07. The van der Waals surface area contributed by atoms with Crippen LogP contribution < -0.4 is 5.32 Å². The highest BCUT2D eigenvalue weighted by atomic mass is 15.2. The number of anilines is 1. The van der Waals surface area contributed by atoms with Crippen LogP contribution in [0.5, 0.6) is 0 Å². The summed E-state index contributed by atoms with van der Waals surface area (Å²) in [6, 6.07) is 13.0. The second kappa shape index (κ2) is 4.53. The van der Waals surface area contributed by atoms with Gasteiger partial charge in [0.25, 0.3) is 0 Å². The van der Waals surface area contributed by atoms with Crippen LogP contribution in [0.25, 0.3) is 0 Å². The number of hydrogen-bond acceptors (Lipinski definition) is 3. The minimum absolute atomic E-state index is 0.474. The Morgan fingerprint density at radius 3 is 2.76 bits per heavy atom. The quantitative estimate of drug-likeness (QED) is 0.853. The van der Waals surface area contributed by atoms with E-state index in [1.54, 1.807) is 6.20 Å². The molecule has 0 saturated carbocycles. The maximum atomic E-state index is 4.07. The van der Waals surface area contributed by atoms with E-state index < -0.39 is 0 Å². The van der Waals surface area contributed by atoms with Crippen molar-refractivity contribution >= 4 is 5.82 Å². The predicted molar refractivity (Wildman–Crippen MR) is 67.9 cm³/mol. The first-order chi connectivity index (χ1) is 8.42. The zero-order valence-electron chi connectivity index (χ0n) is 9.63. The van der Waals surface area contributed by atoms with E-state index in [4.69, 9.17) is 0 Å². The third kappa shape index (κ3) is 2.28. The molecule has 0 aliphatic heterocycles. The van der Waals surface area contributed by atoms with Crippen LogP contribution in [-0.2, 0) is 12.8 Å². The van der Waals surface area contributed by atoms with E-state index in [9.17, 15) is 0 Å². The number of nitrogens with one attached hydrogen (secondary N) is 1. The standard InChI is InChI=1S/C14H15N3/c1-2-5-12-10-13(8-7-11(12)4-1)16-14-6-3-9-15-17-14/h1-6,9,13H,7-8,10H2,(H,16,17). The van der Waals surface area contributed by atoms with Crippen LogP contribution in [0.3, 0.4) is 0 Å². The Morgan fingerprint density at radius 1 is 1.06 bits per heavy atom. The molecule has 3 nitrogen and oxygen atoms in total. The Hall–Kier alpha value is -1.90. The fourth-order valence-corrected chi connectivity index (χ4v) is 2.41. The monoisotopic (exact) mass is 225 g/mol. The normalized spacial score (nSPS) is 18.5. The fourth-order valence-electron chi connectivity index (χ4n) is 2.41. The highest BCUT2D eigenvalue weighted by molar-refractivity contribution is 5.37. The molecule has 1 atom stereocenters. The van der Waals surface area contributed by atoms with Crippen molar-refractivity contribution in [1.82, 2.24) is 10.2 Å². The van der Waals surface area contributed by atoms with Crippen molar-refractivity contribution < 1.29 is 0 Å². The van der Waals surface area contributed by atoms with Crippen molar-refractivity contribution in [2.24, 2.45) is 0 Å². The highest BCUT2D eigenvalue weighted by Gasteiger charge is 2.18. The summed E-state index contributed by atoms with van der Waals surface area (Å²) in [4.78, 5) is 0. The Bertz CT molecular complexity index is 496. The van der Waals surface area contributed by atoms with Crippen molar-refractivity contribution in [1.29, 1.82) is 0 Å². The molecule has 1 N–H and O–H groups in total. The van der Waals surface area contributed by atoms with Gasteiger partial charge in [-0.2, -0.15) is 5.10 Å². The molecule has 0 bridgehead atoms. The lowest BCUT2D eigenvalue weighted by molar-refractivity contribution is 0.607. The van der Waals surface area contributed by atoms with Gasteiger partial charge in [-0.25, -0.2) is 0 Å². The molecule has 1 aliphatic carbocycles. The number of hydrogen-bond donors (Lipinski definition) is 1. The zero-order valence-corrected chi connectivity index (χ0v) is 9.63. The number of aryl methyl sites for hydroxylation is 1. The molecule has 1 heterocycles. The number of benzene rings is 1. The first-order valence-electron chi connectivity index (χ1n) is 6.03. The molecule has 1 unspecified atom stereocenters. The van der Waals surface area contributed by atoms with Gasteiger partial charge >= 0.3 is 0 Å². The van der Waals surface area contributed by atoms with E-state index in [-0.39, 0.29) is 0 Å². The topological polar surface area (TPSA) is 37.8 Å². The summed E-state index contributed by atoms with van der Waals surface area (Å²) in [6.07, 6.45) is 5.08. The van der Waals surface area contributed by atoms with E-state index in [0.717, 1.165) is 25.1 Å². The van der Waals surface area contributed by atoms with E-state index >= 15 is 0 Å². The maximum Gasteiger partial charge on any atom is 0.148 e. The molecule has 1 aromatic carbocycles. The largest absolute Gasteiger partial charge is 0.366 e. The first-order valence-corrected chi connectivity index (χ1v) is 6.03. The van der Waals surface area contributed by atoms with Crippen LogP contribution in [0.2, 0.25) is 0 Å². The molecule has 0 saturated heterocycles. The van der Waals surface area contributed by atoms with Crippen molar-refractivity contribution in [3.05, 3.63) is 53.7 Å². The van der Waals surface area contributed by atoms with Crippen LogP contribution in [-0.4, -0.2) is 16.2 Å². The Morgan fingerprint density at radius 2 is 1.94 bits per heavy atom. The van der Waals surface area contributed by atoms with Gasteiger partial charge in [0.2, 0.25) is 0 Å². The molecule has 3 rings (SSSR count). The number of fused-ring (bicyclic) bond motifs is 1. The average Bonchev–Trinajstić information content (AvgIpc) is 2.40. The van der Waals surface area contributed by atoms with Gasteiger partial charge in [0, 0.05) is 12.2 Å². The number of nitrogens with zero attached hydrogens (tertiary/aromatic N) is 2. The van der Waals surface area contributed by atoms with Gasteiger partial charge in [-0.05, 0) is 42.5 Å². The van der Waals surface area contributed by atoms with E-state index in [2.05, 4.69) is 39.8 Å². The van der Waals surface area contributed by atoms with Gasteiger partial charge in [0.15, 0.2) is 0 Å². The van der Waals surface area contributed by atoms with Crippen molar-refractivity contribution in [2.75, 3.05) is 5.32 Å². The van der Waals surface area contributed by atoms with Gasteiger partial charge in [0.1, 0.15) is 5.82 Å². The van der Waals surface area contributed by atoms with Crippen LogP contribution in [0.15, 0.2) is 42.6 Å². The summed E-state index contributed by atoms with van der Waals surface area (Å²) in [6.45, 7) is 0. The molecule has 0 amide bonds. The summed E-state index contributed by atoms with van der Waals surface area (Å²) in [5.74, 6) is 0.872. The van der Waals surface area contributed by atoms with Gasteiger partial charge in [-0.1, -0.05) is 24.3 Å². The summed E-state index contributed by atoms with van der Waals surface area (Å²) < 4.78 is 0. The van der Waals surface area contributed by atoms with Crippen molar-refractivity contribution in [2.45, 2.75) is 25.3 Å². The Balaban J connectivity index is 1.72. The lowest BCUT2D eigenvalue weighted by atomic mass is 9.88. The average molecular weight is 225 g/mol. The smallest absolute Gasteiger partial charge is 0.148 e. The first kappa shape index (κ1) is 10.3. The lowest BCUT2D eigenvalue weighted by Crippen LogP contribution is -2.27. The molecule has 1 aromatic heterocycles. The fraction of sp³-hybridized carbons (Fsp3) is 0.286. The molecular formula is C14H15N3. The zero-order chi connectivity index (χ0) is 11.5. The summed E-state index contributed by atoms with van der Waals surface area (Å²) in [7, 11) is 0. The molecule has 0 fully saturated rings. The third-order valence-corrected chi connectivity index (χ3v) is 3.27. The third-order valence-electron chi connectivity index (χ3n) is 3.27. The Kier molecular flexibility index (Phi) is 2.74. The SMILES string of the molecule is c1cnnc(NC2CCc3ccccc3C2)c1. The molecule has 2 aromatic rings. The van der Waals surface area contributed by atoms with Crippen molar-refractivity contribution in [3.63, 3.8) is 0 Å². The molecule has 1 aliphatic rings. The van der Waals surface area contributed by atoms with Gasteiger partial charge in [-0.3, -0.25) is 0 Å². The van der Waals surface area contributed by atoms with Crippen LogP contribution in [0.4, 0.5) is 5.82 Å². The van der Waals surface area contributed by atoms with E-state index in [0.29, 0.717) is 6.04 Å². The highest BCUT2D eigenvalue weighted by Crippen LogP contribution is 2.22. The van der Waals surface area contributed by atoms with Crippen LogP contribution in [0, 0.1) is 0 Å². The minimum Gasteiger partial charge on any atom is -0.366 e. The number of rotatable bonds is 2.